The highest BCUT2D eigenvalue weighted by Gasteiger charge is 2.47. The fourth-order valence-electron chi connectivity index (χ4n) is 3.78. The van der Waals surface area contributed by atoms with Crippen LogP contribution in [0.1, 0.15) is 45.6 Å². The Bertz CT molecular complexity index is 1170. The number of alkyl halides is 6. The minimum absolute atomic E-state index is 0.212. The highest BCUT2D eigenvalue weighted by atomic mass is 19.4. The topological polar surface area (TPSA) is 59.0 Å². The van der Waals surface area contributed by atoms with E-state index >= 15 is 0 Å². The lowest BCUT2D eigenvalue weighted by Gasteiger charge is -2.34. The number of halogens is 6. The van der Waals surface area contributed by atoms with Crippen LogP contribution in [0.4, 0.5) is 37.8 Å². The number of anilines is 2. The van der Waals surface area contributed by atoms with Crippen molar-refractivity contribution in [3.05, 3.63) is 77.0 Å². The zero-order valence-electron chi connectivity index (χ0n) is 17.1. The molecular formula is C22H18F6N4O. The summed E-state index contributed by atoms with van der Waals surface area (Å²) in [6.07, 6.45) is -8.82. The third-order valence-corrected chi connectivity index (χ3v) is 5.44. The molecule has 0 saturated carbocycles. The fraction of sp³-hybridized carbons (Fsp3) is 0.273. The van der Waals surface area contributed by atoms with Gasteiger partial charge in [0.15, 0.2) is 6.04 Å². The summed E-state index contributed by atoms with van der Waals surface area (Å²) in [4.78, 5) is 12.8. The minimum atomic E-state index is -4.72. The van der Waals surface area contributed by atoms with Gasteiger partial charge in [-0.1, -0.05) is 42.0 Å². The molecule has 4 rings (SSSR count). The SMILES string of the molecule is Cc1ccc([C@H]2C[C@H](C(F)(F)F)n3ncc(C(=O)Nc4ccccc4C(F)(F)F)c3N2)cc1. The van der Waals surface area contributed by atoms with E-state index in [1.54, 1.807) is 24.3 Å². The van der Waals surface area contributed by atoms with Crippen molar-refractivity contribution in [2.75, 3.05) is 10.6 Å². The molecule has 0 bridgehead atoms. The van der Waals surface area contributed by atoms with Crippen molar-refractivity contribution in [2.45, 2.75) is 37.8 Å². The summed E-state index contributed by atoms with van der Waals surface area (Å²) >= 11 is 0. The molecule has 2 heterocycles. The number of hydrogen-bond donors (Lipinski definition) is 2. The molecule has 0 saturated heterocycles. The van der Waals surface area contributed by atoms with Crippen LogP contribution < -0.4 is 10.6 Å². The molecule has 0 unspecified atom stereocenters. The van der Waals surface area contributed by atoms with Crippen molar-refractivity contribution >= 4 is 17.4 Å². The van der Waals surface area contributed by atoms with Crippen molar-refractivity contribution < 1.29 is 31.1 Å². The zero-order chi connectivity index (χ0) is 24.0. The summed E-state index contributed by atoms with van der Waals surface area (Å²) in [5.74, 6) is -1.22. The van der Waals surface area contributed by atoms with Gasteiger partial charge >= 0.3 is 12.4 Å². The van der Waals surface area contributed by atoms with Gasteiger partial charge in [-0.3, -0.25) is 4.79 Å². The van der Waals surface area contributed by atoms with Gasteiger partial charge in [0.2, 0.25) is 0 Å². The van der Waals surface area contributed by atoms with Crippen LogP contribution >= 0.6 is 0 Å². The van der Waals surface area contributed by atoms with Crippen LogP contribution in [0.15, 0.2) is 54.7 Å². The first-order chi connectivity index (χ1) is 15.4. The maximum Gasteiger partial charge on any atom is 0.418 e. The smallest absolute Gasteiger partial charge is 0.363 e. The lowest BCUT2D eigenvalue weighted by molar-refractivity contribution is -0.173. The van der Waals surface area contributed by atoms with Gasteiger partial charge in [-0.25, -0.2) is 4.68 Å². The average Bonchev–Trinajstić information content (AvgIpc) is 3.16. The highest BCUT2D eigenvalue weighted by molar-refractivity contribution is 6.08. The van der Waals surface area contributed by atoms with Gasteiger partial charge in [-0.2, -0.15) is 31.4 Å². The van der Waals surface area contributed by atoms with E-state index in [1.807, 2.05) is 6.92 Å². The summed E-state index contributed by atoms with van der Waals surface area (Å²) in [7, 11) is 0. The molecule has 5 nitrogen and oxygen atoms in total. The van der Waals surface area contributed by atoms with Crippen LogP contribution in [0.2, 0.25) is 0 Å². The number of carbonyl (C=O) groups excluding carboxylic acids is 1. The Morgan fingerprint density at radius 2 is 1.73 bits per heavy atom. The highest BCUT2D eigenvalue weighted by Crippen LogP contribution is 2.44. The number of nitrogens with one attached hydrogen (secondary N) is 2. The molecule has 174 valence electrons. The average molecular weight is 468 g/mol. The molecule has 0 radical (unpaired) electrons. The number of amides is 1. The Balaban J connectivity index is 1.70. The van der Waals surface area contributed by atoms with Crippen molar-refractivity contribution in [2.24, 2.45) is 0 Å². The Labute approximate surface area is 184 Å². The van der Waals surface area contributed by atoms with Crippen LogP contribution in [-0.2, 0) is 6.18 Å². The summed E-state index contributed by atoms with van der Waals surface area (Å²) in [5.41, 5.74) is -0.365. The van der Waals surface area contributed by atoms with E-state index in [4.69, 9.17) is 0 Å². The lowest BCUT2D eigenvalue weighted by Crippen LogP contribution is -2.36. The fourth-order valence-corrected chi connectivity index (χ4v) is 3.78. The predicted octanol–water partition coefficient (Wildman–Crippen LogP) is 6.12. The van der Waals surface area contributed by atoms with Gasteiger partial charge in [0.25, 0.3) is 5.91 Å². The summed E-state index contributed by atoms with van der Waals surface area (Å²) in [5, 5.41) is 8.80. The lowest BCUT2D eigenvalue weighted by atomic mass is 9.96. The first-order valence-electron chi connectivity index (χ1n) is 9.90. The van der Waals surface area contributed by atoms with Gasteiger partial charge in [0.1, 0.15) is 11.4 Å². The molecular weight excluding hydrogens is 450 g/mol. The Morgan fingerprint density at radius 3 is 2.36 bits per heavy atom. The predicted molar refractivity (Wildman–Crippen MR) is 109 cm³/mol. The maximum absolute atomic E-state index is 13.8. The van der Waals surface area contributed by atoms with Crippen LogP contribution in [0.25, 0.3) is 0 Å². The van der Waals surface area contributed by atoms with E-state index in [-0.39, 0.29) is 17.8 Å². The Hall–Kier alpha value is -3.50. The second kappa shape index (κ2) is 8.13. The van der Waals surface area contributed by atoms with Crippen molar-refractivity contribution in [1.82, 2.24) is 9.78 Å². The Kier molecular flexibility index (Phi) is 5.59. The Morgan fingerprint density at radius 1 is 1.06 bits per heavy atom. The largest absolute Gasteiger partial charge is 0.418 e. The molecule has 2 atom stereocenters. The second-order valence-electron chi connectivity index (χ2n) is 7.75. The molecule has 0 fully saturated rings. The van der Waals surface area contributed by atoms with Crippen LogP contribution in [0.5, 0.6) is 0 Å². The molecule has 0 spiro atoms. The molecule has 3 aromatic rings. The summed E-state index contributed by atoms with van der Waals surface area (Å²) in [6, 6.07) is 8.44. The van der Waals surface area contributed by atoms with Crippen LogP contribution in [0, 0.1) is 6.92 Å². The molecule has 1 aromatic heterocycles. The van der Waals surface area contributed by atoms with Crippen molar-refractivity contribution in [1.29, 1.82) is 0 Å². The summed E-state index contributed by atoms with van der Waals surface area (Å²) < 4.78 is 81.8. The third kappa shape index (κ3) is 4.53. The van der Waals surface area contributed by atoms with Crippen LogP contribution in [-0.4, -0.2) is 21.9 Å². The monoisotopic (exact) mass is 468 g/mol. The third-order valence-electron chi connectivity index (χ3n) is 5.44. The molecule has 2 N–H and O–H groups in total. The molecule has 2 aromatic carbocycles. The first kappa shape index (κ1) is 22.7. The molecule has 0 aliphatic carbocycles. The maximum atomic E-state index is 13.8. The zero-order valence-corrected chi connectivity index (χ0v) is 17.1. The van der Waals surface area contributed by atoms with Gasteiger partial charge in [0, 0.05) is 6.42 Å². The van der Waals surface area contributed by atoms with E-state index in [9.17, 15) is 31.1 Å². The molecule has 1 aliphatic rings. The molecule has 1 amide bonds. The van der Waals surface area contributed by atoms with Crippen LogP contribution in [0.3, 0.4) is 0 Å². The van der Waals surface area contributed by atoms with E-state index in [1.165, 1.54) is 12.1 Å². The number of benzene rings is 2. The number of para-hydroxylation sites is 1. The first-order valence-corrected chi connectivity index (χ1v) is 9.90. The quantitative estimate of drug-likeness (QED) is 0.455. The minimum Gasteiger partial charge on any atom is -0.363 e. The van der Waals surface area contributed by atoms with E-state index in [2.05, 4.69) is 15.7 Å². The van der Waals surface area contributed by atoms with Crippen molar-refractivity contribution in [3.8, 4) is 0 Å². The number of hydrogen-bond acceptors (Lipinski definition) is 3. The normalized spacial score (nSPS) is 18.4. The number of carbonyl (C=O) groups is 1. The van der Waals surface area contributed by atoms with E-state index < -0.39 is 41.6 Å². The van der Waals surface area contributed by atoms with Gasteiger partial charge in [-0.15, -0.1) is 0 Å². The van der Waals surface area contributed by atoms with Crippen molar-refractivity contribution in [3.63, 3.8) is 0 Å². The number of nitrogens with zero attached hydrogens (tertiary/aromatic N) is 2. The molecule has 11 heteroatoms. The summed E-state index contributed by atoms with van der Waals surface area (Å²) in [6.45, 7) is 1.84. The molecule has 1 aliphatic heterocycles. The number of rotatable bonds is 3. The standard InChI is InChI=1S/C22H18F6N4O/c1-12-6-8-13(9-7-12)17-10-18(22(26,27)28)32-19(30-17)14(11-29-32)20(33)31-16-5-3-2-4-15(16)21(23,24)25/h2-9,11,17-18,30H,10H2,1H3,(H,31,33)/t17-,18-/m1/s1. The van der Waals surface area contributed by atoms with Gasteiger partial charge in [0.05, 0.1) is 23.5 Å². The number of aromatic nitrogens is 2. The number of fused-ring (bicyclic) bond motifs is 1. The van der Waals surface area contributed by atoms with Gasteiger partial charge < -0.3 is 10.6 Å². The second-order valence-corrected chi connectivity index (χ2v) is 7.75. The van der Waals surface area contributed by atoms with Gasteiger partial charge in [-0.05, 0) is 24.6 Å². The number of aryl methyl sites for hydroxylation is 1. The molecule has 33 heavy (non-hydrogen) atoms. The van der Waals surface area contributed by atoms with E-state index in [0.717, 1.165) is 23.9 Å². The van der Waals surface area contributed by atoms with E-state index in [0.29, 0.717) is 10.2 Å².